The molecule has 0 aliphatic carbocycles. The van der Waals surface area contributed by atoms with Gasteiger partial charge in [0, 0.05) is 17.1 Å². The van der Waals surface area contributed by atoms with Gasteiger partial charge in [0.1, 0.15) is 6.04 Å². The van der Waals surface area contributed by atoms with Crippen molar-refractivity contribution < 1.29 is 14.6 Å². The molecule has 0 amide bonds. The van der Waals surface area contributed by atoms with E-state index in [2.05, 4.69) is 10.3 Å². The van der Waals surface area contributed by atoms with E-state index in [-0.39, 0.29) is 0 Å². The van der Waals surface area contributed by atoms with E-state index < -0.39 is 17.4 Å². The molecule has 0 bridgehead atoms. The number of aromatic amines is 1. The molecule has 19 heavy (non-hydrogen) atoms. The van der Waals surface area contributed by atoms with Crippen molar-refractivity contribution >= 4 is 16.9 Å². The fourth-order valence-electron chi connectivity index (χ4n) is 2.92. The molecule has 2 aromatic rings. The Labute approximate surface area is 110 Å². The summed E-state index contributed by atoms with van der Waals surface area (Å²) >= 11 is 0. The summed E-state index contributed by atoms with van der Waals surface area (Å²) in [5.74, 6) is -0.851. The second-order valence-electron chi connectivity index (χ2n) is 4.96. The highest BCUT2D eigenvalue weighted by atomic mass is 16.5. The van der Waals surface area contributed by atoms with Crippen LogP contribution in [0.3, 0.4) is 0 Å². The van der Waals surface area contributed by atoms with Gasteiger partial charge in [0.2, 0.25) is 0 Å². The van der Waals surface area contributed by atoms with Crippen molar-refractivity contribution in [2.24, 2.45) is 0 Å². The van der Waals surface area contributed by atoms with Gasteiger partial charge in [-0.2, -0.15) is 0 Å². The minimum absolute atomic E-state index is 0.423. The van der Waals surface area contributed by atoms with Gasteiger partial charge in [0.15, 0.2) is 0 Å². The summed E-state index contributed by atoms with van der Waals surface area (Å²) in [6.45, 7) is 0.847. The summed E-state index contributed by atoms with van der Waals surface area (Å²) in [5, 5.41) is 13.4. The number of aliphatic carboxylic acids is 1. The third kappa shape index (κ3) is 1.66. The van der Waals surface area contributed by atoms with Crippen molar-refractivity contribution in [3.05, 3.63) is 36.0 Å². The smallest absolute Gasteiger partial charge is 0.321 e. The predicted octanol–water partition coefficient (Wildman–Crippen LogP) is 1.11. The van der Waals surface area contributed by atoms with E-state index in [4.69, 9.17) is 4.74 Å². The van der Waals surface area contributed by atoms with Crippen molar-refractivity contribution in [2.45, 2.75) is 11.5 Å². The molecule has 1 aliphatic heterocycles. The molecule has 1 aliphatic rings. The van der Waals surface area contributed by atoms with Crippen LogP contribution in [0.1, 0.15) is 5.56 Å². The monoisotopic (exact) mass is 260 g/mol. The molecule has 1 atom stereocenters. The molecule has 5 nitrogen and oxygen atoms in total. The standard InChI is InChI=1S/C14H16N2O3/c1-15-12(13(17)18)14(7-19-8-14)10-6-16-11-5-3-2-4-9(10)11/h2-6,12,15-16H,7-8H2,1H3,(H,17,18). The van der Waals surface area contributed by atoms with Crippen molar-refractivity contribution in [3.8, 4) is 0 Å². The number of carbonyl (C=O) groups is 1. The molecule has 1 aromatic heterocycles. The van der Waals surface area contributed by atoms with Crippen LogP contribution >= 0.6 is 0 Å². The van der Waals surface area contributed by atoms with Gasteiger partial charge < -0.3 is 20.1 Å². The molecule has 3 N–H and O–H groups in total. The first-order valence-electron chi connectivity index (χ1n) is 6.23. The maximum Gasteiger partial charge on any atom is 0.321 e. The number of ether oxygens (including phenoxy) is 1. The summed E-state index contributed by atoms with van der Waals surface area (Å²) in [4.78, 5) is 14.7. The molecule has 3 rings (SSSR count). The zero-order chi connectivity index (χ0) is 13.5. The first kappa shape index (κ1) is 12.2. The van der Waals surface area contributed by atoms with Crippen LogP contribution in [-0.2, 0) is 14.9 Å². The van der Waals surface area contributed by atoms with E-state index in [1.165, 1.54) is 0 Å². The number of aromatic nitrogens is 1. The van der Waals surface area contributed by atoms with E-state index in [1.807, 2.05) is 30.5 Å². The third-order valence-corrected chi connectivity index (χ3v) is 3.93. The fraction of sp³-hybridized carbons (Fsp3) is 0.357. The molecule has 1 aromatic carbocycles. The lowest BCUT2D eigenvalue weighted by Crippen LogP contribution is -2.62. The van der Waals surface area contributed by atoms with E-state index in [1.54, 1.807) is 7.05 Å². The van der Waals surface area contributed by atoms with Crippen LogP contribution in [0.15, 0.2) is 30.5 Å². The van der Waals surface area contributed by atoms with Crippen molar-refractivity contribution in [1.29, 1.82) is 0 Å². The Balaban J connectivity index is 2.14. The Morgan fingerprint density at radius 3 is 2.79 bits per heavy atom. The van der Waals surface area contributed by atoms with Gasteiger partial charge in [-0.1, -0.05) is 18.2 Å². The highest BCUT2D eigenvalue weighted by Gasteiger charge is 2.51. The summed E-state index contributed by atoms with van der Waals surface area (Å²) in [5.41, 5.74) is 1.53. The number of hydrogen-bond donors (Lipinski definition) is 3. The van der Waals surface area contributed by atoms with E-state index in [9.17, 15) is 9.90 Å². The highest BCUT2D eigenvalue weighted by Crippen LogP contribution is 2.39. The molecule has 0 saturated carbocycles. The van der Waals surface area contributed by atoms with Crippen LogP contribution in [0, 0.1) is 0 Å². The van der Waals surface area contributed by atoms with Crippen LogP contribution in [-0.4, -0.2) is 42.4 Å². The molecule has 2 heterocycles. The number of carboxylic acid groups (broad SMARTS) is 1. The Hall–Kier alpha value is -1.85. The second-order valence-corrected chi connectivity index (χ2v) is 4.96. The van der Waals surface area contributed by atoms with Gasteiger partial charge in [-0.3, -0.25) is 4.79 Å². The molecule has 5 heteroatoms. The number of rotatable bonds is 4. The Morgan fingerprint density at radius 2 is 2.21 bits per heavy atom. The van der Waals surface area contributed by atoms with Gasteiger partial charge in [-0.15, -0.1) is 0 Å². The summed E-state index contributed by atoms with van der Waals surface area (Å²) < 4.78 is 5.33. The van der Waals surface area contributed by atoms with Gasteiger partial charge in [0.25, 0.3) is 0 Å². The van der Waals surface area contributed by atoms with Crippen LogP contribution < -0.4 is 5.32 Å². The van der Waals surface area contributed by atoms with Crippen LogP contribution in [0.25, 0.3) is 10.9 Å². The molecular formula is C14H16N2O3. The second kappa shape index (κ2) is 4.36. The number of carboxylic acids is 1. The summed E-state index contributed by atoms with van der Waals surface area (Å²) in [6, 6.07) is 7.26. The molecule has 1 fully saturated rings. The topological polar surface area (TPSA) is 74.4 Å². The Morgan fingerprint density at radius 1 is 1.47 bits per heavy atom. The Bertz CT molecular complexity index is 616. The molecule has 0 radical (unpaired) electrons. The number of fused-ring (bicyclic) bond motifs is 1. The maximum absolute atomic E-state index is 11.5. The van der Waals surface area contributed by atoms with Crippen LogP contribution in [0.4, 0.5) is 0 Å². The first-order chi connectivity index (χ1) is 9.19. The predicted molar refractivity (Wildman–Crippen MR) is 71.3 cm³/mol. The van der Waals surface area contributed by atoms with Crippen LogP contribution in [0.5, 0.6) is 0 Å². The average Bonchev–Trinajstić information content (AvgIpc) is 2.77. The molecular weight excluding hydrogens is 244 g/mol. The van der Waals surface area contributed by atoms with E-state index >= 15 is 0 Å². The van der Waals surface area contributed by atoms with Gasteiger partial charge in [0.05, 0.1) is 18.6 Å². The zero-order valence-electron chi connectivity index (χ0n) is 10.6. The van der Waals surface area contributed by atoms with Crippen molar-refractivity contribution in [3.63, 3.8) is 0 Å². The third-order valence-electron chi connectivity index (χ3n) is 3.93. The number of hydrogen-bond acceptors (Lipinski definition) is 3. The SMILES string of the molecule is CNC(C(=O)O)C1(c2c[nH]c3ccccc23)COC1. The number of nitrogens with one attached hydrogen (secondary N) is 2. The van der Waals surface area contributed by atoms with Crippen LogP contribution in [0.2, 0.25) is 0 Å². The largest absolute Gasteiger partial charge is 0.480 e. The van der Waals surface area contributed by atoms with Gasteiger partial charge in [-0.05, 0) is 18.7 Å². The number of H-pyrrole nitrogens is 1. The highest BCUT2D eigenvalue weighted by molar-refractivity contribution is 5.87. The molecule has 1 saturated heterocycles. The normalized spacial score (nSPS) is 19.0. The van der Waals surface area contributed by atoms with Crippen molar-refractivity contribution in [1.82, 2.24) is 10.3 Å². The molecule has 0 spiro atoms. The maximum atomic E-state index is 11.5. The number of para-hydroxylation sites is 1. The number of benzene rings is 1. The van der Waals surface area contributed by atoms with Gasteiger partial charge in [-0.25, -0.2) is 0 Å². The molecule has 100 valence electrons. The minimum Gasteiger partial charge on any atom is -0.480 e. The minimum atomic E-state index is -0.851. The van der Waals surface area contributed by atoms with Crippen molar-refractivity contribution in [2.75, 3.05) is 20.3 Å². The lowest BCUT2D eigenvalue weighted by molar-refractivity contribution is -0.150. The zero-order valence-corrected chi connectivity index (χ0v) is 10.6. The first-order valence-corrected chi connectivity index (χ1v) is 6.23. The quantitative estimate of drug-likeness (QED) is 0.770. The van der Waals surface area contributed by atoms with E-state index in [0.29, 0.717) is 13.2 Å². The summed E-state index contributed by atoms with van der Waals surface area (Å²) in [7, 11) is 1.67. The lowest BCUT2D eigenvalue weighted by atomic mass is 9.72. The summed E-state index contributed by atoms with van der Waals surface area (Å²) in [6.07, 6.45) is 1.90. The number of likely N-dealkylation sites (N-methyl/N-ethyl adjacent to an activating group) is 1. The average molecular weight is 260 g/mol. The lowest BCUT2D eigenvalue weighted by Gasteiger charge is -2.45. The Kier molecular flexibility index (Phi) is 2.80. The van der Waals surface area contributed by atoms with E-state index in [0.717, 1.165) is 16.5 Å². The molecule has 1 unspecified atom stereocenters. The van der Waals surface area contributed by atoms with Gasteiger partial charge >= 0.3 is 5.97 Å². The fourth-order valence-corrected chi connectivity index (χ4v) is 2.92.